The van der Waals surface area contributed by atoms with Gasteiger partial charge in [-0.1, -0.05) is 18.2 Å². The summed E-state index contributed by atoms with van der Waals surface area (Å²) in [6, 6.07) is 8.84. The minimum Gasteiger partial charge on any atom is -0.463 e. The van der Waals surface area contributed by atoms with Gasteiger partial charge in [0, 0.05) is 36.1 Å². The average Bonchev–Trinajstić information content (AvgIpc) is 3.67. The first-order valence-corrected chi connectivity index (χ1v) is 14.9. The number of furan rings is 1. The molecule has 0 saturated carbocycles. The molecule has 2 aromatic carbocycles. The monoisotopic (exact) mass is 638 g/mol. The van der Waals surface area contributed by atoms with Crippen LogP contribution in [0.15, 0.2) is 53.7 Å². The van der Waals surface area contributed by atoms with Crippen LogP contribution in [0.25, 0.3) is 33.0 Å². The number of benzene rings is 2. The van der Waals surface area contributed by atoms with Gasteiger partial charge in [0.25, 0.3) is 0 Å². The zero-order chi connectivity index (χ0) is 31.9. The van der Waals surface area contributed by atoms with E-state index in [0.29, 0.717) is 59.5 Å². The molecular formula is C32H30ClF3N6O3. The van der Waals surface area contributed by atoms with Crippen molar-refractivity contribution in [2.45, 2.75) is 37.5 Å². The number of hydrogen-bond acceptors (Lipinski definition) is 8. The minimum atomic E-state index is -4.59. The summed E-state index contributed by atoms with van der Waals surface area (Å²) in [6.07, 6.45) is 0.241. The zero-order valence-electron chi connectivity index (χ0n) is 24.5. The molecule has 13 heteroatoms. The van der Waals surface area contributed by atoms with Gasteiger partial charge in [-0.25, -0.2) is 0 Å². The number of aromatic nitrogens is 2. The maximum atomic E-state index is 13.7. The van der Waals surface area contributed by atoms with Crippen molar-refractivity contribution in [3.05, 3.63) is 59.8 Å². The number of rotatable bonds is 7. The summed E-state index contributed by atoms with van der Waals surface area (Å²) in [7, 11) is 2.03. The highest BCUT2D eigenvalue weighted by molar-refractivity contribution is 6.31. The van der Waals surface area contributed by atoms with E-state index in [2.05, 4.69) is 17.5 Å². The Morgan fingerprint density at radius 2 is 2.04 bits per heavy atom. The number of ether oxygens (including phenoxy) is 1. The van der Waals surface area contributed by atoms with Gasteiger partial charge in [-0.2, -0.15) is 28.4 Å². The summed E-state index contributed by atoms with van der Waals surface area (Å²) < 4.78 is 53.3. The summed E-state index contributed by atoms with van der Waals surface area (Å²) in [5, 5.41) is 10.6. The number of fused-ring (bicyclic) bond motifs is 3. The van der Waals surface area contributed by atoms with Gasteiger partial charge in [0.2, 0.25) is 5.91 Å². The highest BCUT2D eigenvalue weighted by Crippen LogP contribution is 2.42. The molecule has 0 bridgehead atoms. The number of carbonyl (C=O) groups excluding carboxylic acids is 1. The van der Waals surface area contributed by atoms with E-state index < -0.39 is 17.8 Å². The lowest BCUT2D eigenvalue weighted by Crippen LogP contribution is -2.55. The first-order valence-electron chi connectivity index (χ1n) is 14.6. The molecule has 2 fully saturated rings. The van der Waals surface area contributed by atoms with Crippen LogP contribution in [0.2, 0.25) is 5.02 Å². The van der Waals surface area contributed by atoms with Crippen LogP contribution >= 0.6 is 11.6 Å². The molecule has 9 nitrogen and oxygen atoms in total. The second-order valence-corrected chi connectivity index (χ2v) is 11.8. The van der Waals surface area contributed by atoms with Gasteiger partial charge < -0.3 is 23.9 Å². The lowest BCUT2D eigenvalue weighted by molar-refractivity contribution is -0.137. The first kappa shape index (κ1) is 30.7. The van der Waals surface area contributed by atoms with Gasteiger partial charge in [-0.15, -0.1) is 0 Å². The molecule has 0 radical (unpaired) electrons. The van der Waals surface area contributed by atoms with E-state index in [0.717, 1.165) is 31.5 Å². The normalized spacial score (nSPS) is 19.3. The van der Waals surface area contributed by atoms with Gasteiger partial charge >= 0.3 is 12.2 Å². The Kier molecular flexibility index (Phi) is 8.33. The Labute approximate surface area is 262 Å². The van der Waals surface area contributed by atoms with Crippen LogP contribution < -0.4 is 9.64 Å². The van der Waals surface area contributed by atoms with Crippen LogP contribution in [0, 0.1) is 11.3 Å². The maximum Gasteiger partial charge on any atom is 0.416 e. The molecule has 2 saturated heterocycles. The number of piperazine rings is 1. The summed E-state index contributed by atoms with van der Waals surface area (Å²) in [5.41, 5.74) is 0.625. The summed E-state index contributed by atoms with van der Waals surface area (Å²) >= 11 is 6.16. The van der Waals surface area contributed by atoms with E-state index >= 15 is 0 Å². The number of nitriles is 1. The van der Waals surface area contributed by atoms with E-state index in [-0.39, 0.29) is 35.0 Å². The van der Waals surface area contributed by atoms with Gasteiger partial charge in [0.1, 0.15) is 18.0 Å². The molecule has 0 N–H and O–H groups in total. The van der Waals surface area contributed by atoms with Crippen molar-refractivity contribution < 1.29 is 27.1 Å². The third kappa shape index (κ3) is 6.02. The number of anilines is 1. The molecule has 4 heterocycles. The molecule has 2 atom stereocenters. The van der Waals surface area contributed by atoms with E-state index in [1.54, 1.807) is 17.0 Å². The molecule has 0 unspecified atom stereocenters. The molecule has 6 rings (SSSR count). The van der Waals surface area contributed by atoms with E-state index in [1.165, 1.54) is 18.4 Å². The molecule has 1 amide bonds. The molecule has 45 heavy (non-hydrogen) atoms. The van der Waals surface area contributed by atoms with Crippen molar-refractivity contribution in [3.8, 4) is 23.2 Å². The summed E-state index contributed by atoms with van der Waals surface area (Å²) in [6.45, 7) is 5.94. The van der Waals surface area contributed by atoms with Crippen molar-refractivity contribution in [1.82, 2.24) is 19.8 Å². The Balaban J connectivity index is 1.50. The highest BCUT2D eigenvalue weighted by Gasteiger charge is 2.34. The number of likely N-dealkylation sites (tertiary alicyclic amines) is 1. The van der Waals surface area contributed by atoms with Crippen molar-refractivity contribution in [3.63, 3.8) is 0 Å². The van der Waals surface area contributed by atoms with Crippen LogP contribution in [-0.4, -0.2) is 77.6 Å². The van der Waals surface area contributed by atoms with Gasteiger partial charge in [-0.05, 0) is 74.0 Å². The van der Waals surface area contributed by atoms with Gasteiger partial charge in [0.15, 0.2) is 0 Å². The van der Waals surface area contributed by atoms with Crippen LogP contribution in [0.4, 0.5) is 19.0 Å². The molecular weight excluding hydrogens is 609 g/mol. The quantitative estimate of drug-likeness (QED) is 0.217. The molecule has 2 aliphatic heterocycles. The van der Waals surface area contributed by atoms with E-state index in [9.17, 15) is 23.2 Å². The Hall–Kier alpha value is -4.34. The number of amides is 1. The van der Waals surface area contributed by atoms with E-state index in [4.69, 9.17) is 30.7 Å². The SMILES string of the molecule is C=CC(=O)N1CCN(c2nc(OC[C@@H]3CCCN3C)nc3cc(-c4cc(Cl)cc(C(F)(F)F)c4)c4ccoc4c23)C[C@@H]1CC#N. The maximum absolute atomic E-state index is 13.7. The summed E-state index contributed by atoms with van der Waals surface area (Å²) in [4.78, 5) is 27.9. The largest absolute Gasteiger partial charge is 0.463 e. The van der Waals surface area contributed by atoms with Crippen LogP contribution in [0.3, 0.4) is 0 Å². The Bertz CT molecular complexity index is 1820. The molecule has 234 valence electrons. The molecule has 4 aromatic rings. The second kappa shape index (κ2) is 12.2. The smallest absolute Gasteiger partial charge is 0.416 e. The van der Waals surface area contributed by atoms with Crippen molar-refractivity contribution in [1.29, 1.82) is 5.26 Å². The highest BCUT2D eigenvalue weighted by atomic mass is 35.5. The second-order valence-electron chi connectivity index (χ2n) is 11.3. The van der Waals surface area contributed by atoms with Crippen LogP contribution in [-0.2, 0) is 11.0 Å². The van der Waals surface area contributed by atoms with Crippen molar-refractivity contribution in [2.24, 2.45) is 0 Å². The van der Waals surface area contributed by atoms with Crippen molar-refractivity contribution in [2.75, 3.05) is 44.7 Å². The molecule has 2 aromatic heterocycles. The lowest BCUT2D eigenvalue weighted by Gasteiger charge is -2.41. The lowest BCUT2D eigenvalue weighted by atomic mass is 9.97. The standard InChI is InChI=1S/C32H30ClF3N6O3/c1-3-27(43)42-11-10-41(17-22(42)6-8-37)30-28-26(38-31(39-30)45-18-23-5-4-9-40(23)2)16-25(24-7-12-44-29(24)28)19-13-20(32(34,35)36)15-21(33)14-19/h3,7,12-16,22-23H,1,4-6,9-11,17-18H2,2H3/t22-,23-/m0/s1. The third-order valence-electron chi connectivity index (χ3n) is 8.54. The van der Waals surface area contributed by atoms with Gasteiger partial charge in [-0.3, -0.25) is 4.79 Å². The topological polar surface area (TPSA) is 98.7 Å². The third-order valence-corrected chi connectivity index (χ3v) is 8.76. The number of hydrogen-bond donors (Lipinski definition) is 0. The minimum absolute atomic E-state index is 0.0554. The van der Waals surface area contributed by atoms with Crippen LogP contribution in [0.5, 0.6) is 6.01 Å². The predicted octanol–water partition coefficient (Wildman–Crippen LogP) is 6.31. The fraction of sp³-hybridized carbons (Fsp3) is 0.375. The number of carbonyl (C=O) groups is 1. The zero-order valence-corrected chi connectivity index (χ0v) is 25.2. The van der Waals surface area contributed by atoms with Crippen LogP contribution in [0.1, 0.15) is 24.8 Å². The summed E-state index contributed by atoms with van der Waals surface area (Å²) in [5.74, 6) is 0.224. The average molecular weight is 639 g/mol. The van der Waals surface area contributed by atoms with Gasteiger partial charge in [0.05, 0.1) is 41.3 Å². The molecule has 0 aliphatic carbocycles. The fourth-order valence-electron chi connectivity index (χ4n) is 6.23. The van der Waals surface area contributed by atoms with E-state index in [1.807, 2.05) is 11.9 Å². The number of halogens is 4. The number of nitrogens with zero attached hydrogens (tertiary/aromatic N) is 6. The Morgan fingerprint density at radius 1 is 1.22 bits per heavy atom. The molecule has 2 aliphatic rings. The van der Waals surface area contributed by atoms with Crippen molar-refractivity contribution >= 4 is 45.2 Å². The Morgan fingerprint density at radius 3 is 2.76 bits per heavy atom. The number of alkyl halides is 3. The predicted molar refractivity (Wildman–Crippen MR) is 164 cm³/mol. The first-order chi connectivity index (χ1) is 21.6. The number of likely N-dealkylation sites (N-methyl/N-ethyl adjacent to an activating group) is 1. The molecule has 0 spiro atoms. The fourth-order valence-corrected chi connectivity index (χ4v) is 6.47.